The third-order valence-electron chi connectivity index (χ3n) is 3.80. The molecule has 2 aromatic carbocycles. The van der Waals surface area contributed by atoms with Gasteiger partial charge >= 0.3 is 12.0 Å². The lowest BCUT2D eigenvalue weighted by Crippen LogP contribution is -2.42. The van der Waals surface area contributed by atoms with Crippen molar-refractivity contribution in [2.45, 2.75) is 13.0 Å². The largest absolute Gasteiger partial charge is 0.442 e. The van der Waals surface area contributed by atoms with Gasteiger partial charge in [-0.1, -0.05) is 48.5 Å². The number of urea groups is 1. The first-order valence-electron chi connectivity index (χ1n) is 8.38. The zero-order valence-corrected chi connectivity index (χ0v) is 14.6. The number of aromatic amines is 1. The Kier molecular flexibility index (Phi) is 5.46. The topological polar surface area (TPSA) is 113 Å². The molecule has 3 N–H and O–H groups in total. The van der Waals surface area contributed by atoms with Crippen LogP contribution in [0.5, 0.6) is 0 Å². The van der Waals surface area contributed by atoms with Crippen LogP contribution in [0.4, 0.5) is 4.79 Å². The molecule has 0 bridgehead atoms. The summed E-state index contributed by atoms with van der Waals surface area (Å²) in [5.41, 5.74) is 1.18. The molecule has 0 fully saturated rings. The number of carbonyl (C=O) groups is 3. The Morgan fingerprint density at radius 3 is 2.52 bits per heavy atom. The normalized spacial score (nSPS) is 11.6. The van der Waals surface area contributed by atoms with Gasteiger partial charge in [0, 0.05) is 17.5 Å². The summed E-state index contributed by atoms with van der Waals surface area (Å²) in [6.45, 7) is 2.08. The van der Waals surface area contributed by atoms with Gasteiger partial charge in [-0.25, -0.2) is 9.59 Å². The van der Waals surface area contributed by atoms with Gasteiger partial charge < -0.3 is 10.1 Å². The summed E-state index contributed by atoms with van der Waals surface area (Å²) < 4.78 is 5.42. The van der Waals surface area contributed by atoms with Crippen molar-refractivity contribution in [1.82, 2.24) is 20.8 Å². The second kappa shape index (κ2) is 8.13. The van der Waals surface area contributed by atoms with Crippen molar-refractivity contribution in [3.8, 4) is 0 Å². The summed E-state index contributed by atoms with van der Waals surface area (Å²) in [4.78, 5) is 36.8. The highest BCUT2D eigenvalue weighted by molar-refractivity contribution is 6.03. The minimum absolute atomic E-state index is 0.0670. The van der Waals surface area contributed by atoms with E-state index in [1.165, 1.54) is 0 Å². The highest BCUT2D eigenvalue weighted by atomic mass is 16.5. The maximum atomic E-state index is 12.6. The lowest BCUT2D eigenvalue weighted by molar-refractivity contribution is -0.129. The van der Waals surface area contributed by atoms with Crippen molar-refractivity contribution in [2.24, 2.45) is 0 Å². The number of fused-ring (bicyclic) bond motifs is 1. The number of para-hydroxylation sites is 1. The highest BCUT2D eigenvalue weighted by Gasteiger charge is 2.28. The van der Waals surface area contributed by atoms with Gasteiger partial charge in [0.25, 0.3) is 5.91 Å². The number of benzene rings is 2. The van der Waals surface area contributed by atoms with Gasteiger partial charge in [0.05, 0.1) is 5.52 Å². The molecular weight excluding hydrogens is 348 g/mol. The summed E-state index contributed by atoms with van der Waals surface area (Å²) in [6, 6.07) is 14.9. The number of rotatable bonds is 5. The summed E-state index contributed by atoms with van der Waals surface area (Å²) in [6.07, 6.45) is -1.29. The van der Waals surface area contributed by atoms with Crippen molar-refractivity contribution >= 4 is 28.8 Å². The molecule has 1 atom stereocenters. The summed E-state index contributed by atoms with van der Waals surface area (Å²) in [5.74, 6) is -1.52. The summed E-state index contributed by atoms with van der Waals surface area (Å²) in [7, 11) is 0. The van der Waals surface area contributed by atoms with Gasteiger partial charge in [-0.3, -0.25) is 15.2 Å². The zero-order chi connectivity index (χ0) is 19.2. The van der Waals surface area contributed by atoms with Crippen LogP contribution in [-0.4, -0.2) is 34.6 Å². The molecule has 3 rings (SSSR count). The quantitative estimate of drug-likeness (QED) is 0.600. The number of hydrogen-bond acceptors (Lipinski definition) is 5. The van der Waals surface area contributed by atoms with Crippen molar-refractivity contribution < 1.29 is 19.1 Å². The van der Waals surface area contributed by atoms with Crippen LogP contribution in [0.15, 0.2) is 54.6 Å². The van der Waals surface area contributed by atoms with E-state index in [4.69, 9.17) is 4.74 Å². The Hall–Kier alpha value is -3.68. The number of hydrogen-bond donors (Lipinski definition) is 3. The van der Waals surface area contributed by atoms with Gasteiger partial charge in [0.1, 0.15) is 0 Å². The average Bonchev–Trinajstić information content (AvgIpc) is 3.11. The molecule has 0 saturated heterocycles. The fourth-order valence-electron chi connectivity index (χ4n) is 2.56. The second-order valence-corrected chi connectivity index (χ2v) is 5.66. The van der Waals surface area contributed by atoms with E-state index in [0.29, 0.717) is 23.0 Å². The molecule has 138 valence electrons. The SMILES string of the molecule is CCNC(=O)NC(=O)[C@H](OC(=O)c1n[nH]c2ccccc12)c1ccccc1. The van der Waals surface area contributed by atoms with Gasteiger partial charge in [-0.05, 0) is 13.0 Å². The average molecular weight is 366 g/mol. The Morgan fingerprint density at radius 1 is 1.07 bits per heavy atom. The predicted octanol–water partition coefficient (Wildman–Crippen LogP) is 2.31. The van der Waals surface area contributed by atoms with E-state index in [2.05, 4.69) is 20.8 Å². The number of amides is 3. The zero-order valence-electron chi connectivity index (χ0n) is 14.6. The van der Waals surface area contributed by atoms with Gasteiger partial charge in [-0.15, -0.1) is 0 Å². The summed E-state index contributed by atoms with van der Waals surface area (Å²) >= 11 is 0. The fourth-order valence-corrected chi connectivity index (χ4v) is 2.56. The molecule has 8 heteroatoms. The first-order chi connectivity index (χ1) is 13.1. The molecule has 27 heavy (non-hydrogen) atoms. The van der Waals surface area contributed by atoms with Crippen LogP contribution < -0.4 is 10.6 Å². The standard InChI is InChI=1S/C19H18N4O4/c1-2-20-19(26)21-17(24)16(12-8-4-3-5-9-12)27-18(25)15-13-10-6-7-11-14(13)22-23-15/h3-11,16H,2H2,1H3,(H,22,23)(H2,20,21,24,26)/t16-/m1/s1. The molecule has 0 aliphatic heterocycles. The van der Waals surface area contributed by atoms with E-state index in [9.17, 15) is 14.4 Å². The van der Waals surface area contributed by atoms with Crippen LogP contribution >= 0.6 is 0 Å². The Morgan fingerprint density at radius 2 is 1.78 bits per heavy atom. The molecule has 3 aromatic rings. The van der Waals surface area contributed by atoms with Crippen molar-refractivity contribution in [3.05, 3.63) is 65.9 Å². The highest BCUT2D eigenvalue weighted by Crippen LogP contribution is 2.22. The second-order valence-electron chi connectivity index (χ2n) is 5.66. The number of ether oxygens (including phenoxy) is 1. The molecule has 0 radical (unpaired) electrons. The predicted molar refractivity (Wildman–Crippen MR) is 97.9 cm³/mol. The first kappa shape index (κ1) is 18.1. The smallest absolute Gasteiger partial charge is 0.360 e. The van der Waals surface area contributed by atoms with Gasteiger partial charge in [0.2, 0.25) is 6.10 Å². The number of nitrogens with one attached hydrogen (secondary N) is 3. The minimum atomic E-state index is -1.29. The van der Waals surface area contributed by atoms with Crippen LogP contribution in [-0.2, 0) is 9.53 Å². The van der Waals surface area contributed by atoms with E-state index in [1.54, 1.807) is 55.5 Å². The Balaban J connectivity index is 1.86. The number of carbonyl (C=O) groups excluding carboxylic acids is 3. The van der Waals surface area contributed by atoms with Crippen molar-refractivity contribution in [3.63, 3.8) is 0 Å². The Bertz CT molecular complexity index is 968. The molecule has 0 aliphatic rings. The molecule has 0 unspecified atom stereocenters. The number of imide groups is 1. The molecule has 3 amide bonds. The van der Waals surface area contributed by atoms with Crippen molar-refractivity contribution in [1.29, 1.82) is 0 Å². The van der Waals surface area contributed by atoms with E-state index < -0.39 is 24.0 Å². The van der Waals surface area contributed by atoms with Crippen LogP contribution in [0, 0.1) is 0 Å². The van der Waals surface area contributed by atoms with Crippen LogP contribution in [0.3, 0.4) is 0 Å². The van der Waals surface area contributed by atoms with Crippen LogP contribution in [0.2, 0.25) is 0 Å². The molecule has 1 heterocycles. The number of aromatic nitrogens is 2. The molecule has 0 spiro atoms. The maximum Gasteiger partial charge on any atom is 0.360 e. The third-order valence-corrected chi connectivity index (χ3v) is 3.80. The number of H-pyrrole nitrogens is 1. The van der Waals surface area contributed by atoms with E-state index in [0.717, 1.165) is 0 Å². The van der Waals surface area contributed by atoms with Crippen LogP contribution in [0.1, 0.15) is 29.1 Å². The molecule has 1 aromatic heterocycles. The minimum Gasteiger partial charge on any atom is -0.442 e. The van der Waals surface area contributed by atoms with Crippen molar-refractivity contribution in [2.75, 3.05) is 6.54 Å². The summed E-state index contributed by atoms with van der Waals surface area (Å²) in [5, 5.41) is 11.9. The van der Waals surface area contributed by atoms with Crippen LogP contribution in [0.25, 0.3) is 10.9 Å². The molecule has 0 saturated carbocycles. The van der Waals surface area contributed by atoms with Gasteiger partial charge in [-0.2, -0.15) is 5.10 Å². The maximum absolute atomic E-state index is 12.6. The van der Waals surface area contributed by atoms with Gasteiger partial charge in [0.15, 0.2) is 5.69 Å². The molecule has 8 nitrogen and oxygen atoms in total. The molecule has 0 aliphatic carbocycles. The lowest BCUT2D eigenvalue weighted by atomic mass is 10.1. The first-order valence-corrected chi connectivity index (χ1v) is 8.38. The number of esters is 1. The Labute approximate surface area is 154 Å². The fraction of sp³-hybridized carbons (Fsp3) is 0.158. The van der Waals surface area contributed by atoms with E-state index >= 15 is 0 Å². The number of nitrogens with zero attached hydrogens (tertiary/aromatic N) is 1. The molecular formula is C19H18N4O4. The van der Waals surface area contributed by atoms with E-state index in [-0.39, 0.29) is 5.69 Å². The lowest BCUT2D eigenvalue weighted by Gasteiger charge is -2.17. The monoisotopic (exact) mass is 366 g/mol. The third kappa shape index (κ3) is 4.12. The van der Waals surface area contributed by atoms with E-state index in [1.807, 2.05) is 6.07 Å².